The van der Waals surface area contributed by atoms with Crippen LogP contribution < -0.4 is 5.32 Å². The molecule has 0 aliphatic carbocycles. The highest BCUT2D eigenvalue weighted by molar-refractivity contribution is 7.07. The third-order valence-corrected chi connectivity index (χ3v) is 6.11. The van der Waals surface area contributed by atoms with Crippen LogP contribution in [0.2, 0.25) is 0 Å². The second-order valence-electron chi connectivity index (χ2n) is 8.18. The van der Waals surface area contributed by atoms with Crippen LogP contribution in [0.5, 0.6) is 0 Å². The molecule has 0 fully saturated rings. The number of nitrogens with one attached hydrogen (secondary N) is 1. The molecule has 1 aliphatic heterocycles. The van der Waals surface area contributed by atoms with Gasteiger partial charge in [0.2, 0.25) is 0 Å². The summed E-state index contributed by atoms with van der Waals surface area (Å²) in [7, 11) is 0. The van der Waals surface area contributed by atoms with Crippen LogP contribution in [0, 0.1) is 5.92 Å². The van der Waals surface area contributed by atoms with E-state index >= 15 is 0 Å². The molecule has 1 atom stereocenters. The van der Waals surface area contributed by atoms with Gasteiger partial charge in [0, 0.05) is 45.0 Å². The fourth-order valence-corrected chi connectivity index (χ4v) is 4.54. The molecule has 0 aromatic carbocycles. The number of rotatable bonds is 7. The zero-order chi connectivity index (χ0) is 20.9. The predicted octanol–water partition coefficient (Wildman–Crippen LogP) is 3.31. The van der Waals surface area contributed by atoms with E-state index in [4.69, 9.17) is 0 Å². The lowest BCUT2D eigenvalue weighted by molar-refractivity contribution is 0.0928. The molecular weight excluding hydrogens is 396 g/mol. The molecule has 30 heavy (non-hydrogen) atoms. The Morgan fingerprint density at radius 2 is 2.13 bits per heavy atom. The summed E-state index contributed by atoms with van der Waals surface area (Å²) in [5.41, 5.74) is 1.92. The lowest BCUT2D eigenvalue weighted by Gasteiger charge is -2.22. The predicted molar refractivity (Wildman–Crippen MR) is 117 cm³/mol. The van der Waals surface area contributed by atoms with Gasteiger partial charge in [-0.05, 0) is 46.9 Å². The molecule has 1 aliphatic rings. The van der Waals surface area contributed by atoms with Crippen LogP contribution in [0.1, 0.15) is 53.9 Å². The van der Waals surface area contributed by atoms with Crippen molar-refractivity contribution in [3.05, 3.63) is 64.1 Å². The summed E-state index contributed by atoms with van der Waals surface area (Å²) >= 11 is 1.74. The van der Waals surface area contributed by atoms with Gasteiger partial charge in [0.25, 0.3) is 5.91 Å². The van der Waals surface area contributed by atoms with E-state index in [-0.39, 0.29) is 11.9 Å². The maximum atomic E-state index is 12.8. The van der Waals surface area contributed by atoms with Crippen LogP contribution in [-0.2, 0) is 19.5 Å². The monoisotopic (exact) mass is 424 g/mol. The molecule has 0 saturated carbocycles. The van der Waals surface area contributed by atoms with Crippen molar-refractivity contribution < 1.29 is 4.79 Å². The summed E-state index contributed by atoms with van der Waals surface area (Å²) < 4.78 is 2.21. The van der Waals surface area contributed by atoms with E-state index in [0.717, 1.165) is 50.7 Å². The van der Waals surface area contributed by atoms with Crippen molar-refractivity contribution in [2.24, 2.45) is 5.92 Å². The standard InChI is InChI=1S/C22H28N6OS/c1-16(2)12-19(24-22(29)18-4-3-7-23-13-18)21-26-25-20-5-8-27(9-10-28(20)21)14-17-6-11-30-15-17/h3-4,6-7,11,13,15-16,19H,5,8-10,12,14H2,1-2H3,(H,24,29)/t19-/m1/s1. The zero-order valence-electron chi connectivity index (χ0n) is 17.5. The molecule has 4 heterocycles. The molecule has 0 radical (unpaired) electrons. The normalized spacial score (nSPS) is 15.6. The van der Waals surface area contributed by atoms with Crippen molar-refractivity contribution in [1.29, 1.82) is 0 Å². The Kier molecular flexibility index (Phi) is 6.54. The van der Waals surface area contributed by atoms with Gasteiger partial charge in [-0.1, -0.05) is 13.8 Å². The maximum Gasteiger partial charge on any atom is 0.253 e. The minimum atomic E-state index is -0.178. The van der Waals surface area contributed by atoms with Gasteiger partial charge < -0.3 is 9.88 Å². The molecule has 1 N–H and O–H groups in total. The number of hydrogen-bond donors (Lipinski definition) is 1. The number of thiophene rings is 1. The van der Waals surface area contributed by atoms with Gasteiger partial charge in [0.15, 0.2) is 5.82 Å². The highest BCUT2D eigenvalue weighted by atomic mass is 32.1. The Bertz CT molecular complexity index is 953. The van der Waals surface area contributed by atoms with Crippen LogP contribution in [0.4, 0.5) is 0 Å². The molecular formula is C22H28N6OS. The topological polar surface area (TPSA) is 75.9 Å². The number of nitrogens with zero attached hydrogens (tertiary/aromatic N) is 5. The quantitative estimate of drug-likeness (QED) is 0.630. The van der Waals surface area contributed by atoms with Gasteiger partial charge in [-0.15, -0.1) is 10.2 Å². The highest BCUT2D eigenvalue weighted by Crippen LogP contribution is 2.23. The number of carbonyl (C=O) groups is 1. The molecule has 158 valence electrons. The molecule has 1 amide bonds. The molecule has 3 aromatic heterocycles. The molecule has 0 spiro atoms. The number of aromatic nitrogens is 4. The smallest absolute Gasteiger partial charge is 0.253 e. The van der Waals surface area contributed by atoms with Gasteiger partial charge in [-0.2, -0.15) is 11.3 Å². The van der Waals surface area contributed by atoms with Crippen LogP contribution in [0.25, 0.3) is 0 Å². The second-order valence-corrected chi connectivity index (χ2v) is 8.96. The molecule has 3 aromatic rings. The minimum absolute atomic E-state index is 0.126. The summed E-state index contributed by atoms with van der Waals surface area (Å²) in [6, 6.07) is 5.56. The fraction of sp³-hybridized carbons (Fsp3) is 0.455. The van der Waals surface area contributed by atoms with Gasteiger partial charge in [-0.3, -0.25) is 14.7 Å². The van der Waals surface area contributed by atoms with Gasteiger partial charge >= 0.3 is 0 Å². The lowest BCUT2D eigenvalue weighted by atomic mass is 10.0. The summed E-state index contributed by atoms with van der Waals surface area (Å²) in [6.07, 6.45) is 4.93. The van der Waals surface area contributed by atoms with Gasteiger partial charge in [-0.25, -0.2) is 0 Å². The Labute approximate surface area is 181 Å². The van der Waals surface area contributed by atoms with Crippen molar-refractivity contribution in [2.45, 2.75) is 45.8 Å². The number of pyridine rings is 1. The Hall–Kier alpha value is -2.58. The van der Waals surface area contributed by atoms with E-state index < -0.39 is 0 Å². The van der Waals surface area contributed by atoms with E-state index in [1.165, 1.54) is 5.56 Å². The maximum absolute atomic E-state index is 12.8. The average molecular weight is 425 g/mol. The van der Waals surface area contributed by atoms with Gasteiger partial charge in [0.05, 0.1) is 11.6 Å². The largest absolute Gasteiger partial charge is 0.342 e. The first kappa shape index (κ1) is 20.7. The van der Waals surface area contributed by atoms with Crippen LogP contribution >= 0.6 is 11.3 Å². The average Bonchev–Trinajstić information content (AvgIpc) is 3.35. The van der Waals surface area contributed by atoms with E-state index in [0.29, 0.717) is 11.5 Å². The lowest BCUT2D eigenvalue weighted by Crippen LogP contribution is -2.32. The van der Waals surface area contributed by atoms with Crippen LogP contribution in [0.3, 0.4) is 0 Å². The van der Waals surface area contributed by atoms with Crippen LogP contribution in [-0.4, -0.2) is 43.6 Å². The van der Waals surface area contributed by atoms with Crippen molar-refractivity contribution in [3.63, 3.8) is 0 Å². The van der Waals surface area contributed by atoms with E-state index in [1.54, 1.807) is 35.9 Å². The Morgan fingerprint density at radius 1 is 1.23 bits per heavy atom. The Balaban J connectivity index is 1.50. The van der Waals surface area contributed by atoms with Crippen molar-refractivity contribution in [3.8, 4) is 0 Å². The first-order valence-corrected chi connectivity index (χ1v) is 11.4. The molecule has 0 unspecified atom stereocenters. The van der Waals surface area contributed by atoms with Gasteiger partial charge in [0.1, 0.15) is 5.82 Å². The van der Waals surface area contributed by atoms with E-state index in [1.807, 2.05) is 0 Å². The van der Waals surface area contributed by atoms with Crippen molar-refractivity contribution in [1.82, 2.24) is 30.0 Å². The van der Waals surface area contributed by atoms with E-state index in [9.17, 15) is 4.79 Å². The summed E-state index contributed by atoms with van der Waals surface area (Å²) in [5, 5.41) is 16.5. The Morgan fingerprint density at radius 3 is 2.87 bits per heavy atom. The highest BCUT2D eigenvalue weighted by Gasteiger charge is 2.26. The van der Waals surface area contributed by atoms with Crippen molar-refractivity contribution >= 4 is 17.2 Å². The summed E-state index contributed by atoms with van der Waals surface area (Å²) in [6.45, 7) is 8.02. The molecule has 8 heteroatoms. The van der Waals surface area contributed by atoms with Crippen LogP contribution in [0.15, 0.2) is 41.4 Å². The third kappa shape index (κ3) is 4.94. The molecule has 0 bridgehead atoms. The number of fused-ring (bicyclic) bond motifs is 1. The van der Waals surface area contributed by atoms with E-state index in [2.05, 4.69) is 60.6 Å². The van der Waals surface area contributed by atoms with Crippen molar-refractivity contribution in [2.75, 3.05) is 13.1 Å². The first-order chi connectivity index (χ1) is 14.6. The zero-order valence-corrected chi connectivity index (χ0v) is 18.3. The fourth-order valence-electron chi connectivity index (χ4n) is 3.88. The molecule has 0 saturated heterocycles. The SMILES string of the molecule is CC(C)C[C@@H](NC(=O)c1cccnc1)c1nnc2n1CCN(Cc1ccsc1)CC2. The number of carbonyl (C=O) groups excluding carboxylic acids is 1. The minimum Gasteiger partial charge on any atom is -0.342 e. The first-order valence-electron chi connectivity index (χ1n) is 10.5. The second kappa shape index (κ2) is 9.49. The molecule has 4 rings (SSSR count). The third-order valence-electron chi connectivity index (χ3n) is 5.38. The molecule has 7 nitrogen and oxygen atoms in total. The summed E-state index contributed by atoms with van der Waals surface area (Å²) in [4.78, 5) is 19.3. The number of amides is 1. The summed E-state index contributed by atoms with van der Waals surface area (Å²) in [5.74, 6) is 2.15. The number of hydrogen-bond acceptors (Lipinski definition) is 6.